The second kappa shape index (κ2) is 9.38. The molecule has 2 atom stereocenters. The molecule has 1 fully saturated rings. The molecule has 170 valence electrons. The van der Waals surface area contributed by atoms with E-state index in [2.05, 4.69) is 40.4 Å². The normalized spacial score (nSPS) is 22.6. The van der Waals surface area contributed by atoms with Crippen LogP contribution in [0, 0.1) is 11.3 Å². The molecule has 0 amide bonds. The Bertz CT molecular complexity index is 919. The molecule has 1 aliphatic heterocycles. The zero-order valence-electron chi connectivity index (χ0n) is 18.0. The fraction of sp³-hybridized carbons (Fsp3) is 0.571. The Hall–Kier alpha value is -1.78. The van der Waals surface area contributed by atoms with Gasteiger partial charge < -0.3 is 9.84 Å². The van der Waals surface area contributed by atoms with Crippen molar-refractivity contribution in [3.05, 3.63) is 29.4 Å². The number of ether oxygens (including phenoxy) is 1. The van der Waals surface area contributed by atoms with Gasteiger partial charge in [-0.1, -0.05) is 20.8 Å². The summed E-state index contributed by atoms with van der Waals surface area (Å²) in [7, 11) is 0. The molecule has 0 saturated carbocycles. The third kappa shape index (κ3) is 5.53. The summed E-state index contributed by atoms with van der Waals surface area (Å²) in [6.07, 6.45) is 5.59. The number of hydrogen-bond acceptors (Lipinski definition) is 7. The van der Waals surface area contributed by atoms with E-state index in [-0.39, 0.29) is 17.2 Å². The number of carboxylic acid groups (broad SMARTS) is 1. The maximum atomic E-state index is 12.7. The van der Waals surface area contributed by atoms with Gasteiger partial charge in [-0.2, -0.15) is 8.78 Å². The summed E-state index contributed by atoms with van der Waals surface area (Å²) in [4.78, 5) is 23.5. The number of carboxylic acids is 1. The number of aromatic nitrogens is 2. The molecule has 3 heterocycles. The summed E-state index contributed by atoms with van der Waals surface area (Å²) >= 11 is 2.77. The minimum absolute atomic E-state index is 0.0226. The average Bonchev–Trinajstić information content (AvgIpc) is 3.15. The summed E-state index contributed by atoms with van der Waals surface area (Å²) in [5, 5.41) is 10.5. The molecule has 10 heteroatoms. The predicted octanol–water partition coefficient (Wildman–Crippen LogP) is 4.86. The first-order valence-corrected chi connectivity index (χ1v) is 11.9. The number of thioether (sulfide) groups is 1. The van der Waals surface area contributed by atoms with Crippen LogP contribution >= 0.6 is 23.1 Å². The molecule has 2 aromatic heterocycles. The summed E-state index contributed by atoms with van der Waals surface area (Å²) in [5.74, 6) is -0.717. The molecule has 1 N–H and O–H groups in total. The van der Waals surface area contributed by atoms with Crippen molar-refractivity contribution in [2.24, 2.45) is 11.3 Å². The fourth-order valence-corrected chi connectivity index (χ4v) is 5.64. The van der Waals surface area contributed by atoms with Crippen LogP contribution in [0.3, 0.4) is 0 Å². The van der Waals surface area contributed by atoms with E-state index in [1.165, 1.54) is 29.3 Å². The molecule has 2 aromatic rings. The highest BCUT2D eigenvalue weighted by Crippen LogP contribution is 2.43. The van der Waals surface area contributed by atoms with Crippen LogP contribution in [0.2, 0.25) is 0 Å². The molecule has 31 heavy (non-hydrogen) atoms. The lowest BCUT2D eigenvalue weighted by atomic mass is 9.73. The molecule has 0 spiro atoms. The van der Waals surface area contributed by atoms with Gasteiger partial charge in [0.25, 0.3) is 0 Å². The van der Waals surface area contributed by atoms with Gasteiger partial charge in [0.1, 0.15) is 9.75 Å². The average molecular weight is 472 g/mol. The van der Waals surface area contributed by atoms with Crippen LogP contribution in [-0.2, 0) is 11.3 Å². The van der Waals surface area contributed by atoms with Crippen LogP contribution in [0.15, 0.2) is 24.5 Å². The molecule has 1 aliphatic rings. The number of rotatable bonds is 7. The molecule has 6 nitrogen and oxygen atoms in total. The van der Waals surface area contributed by atoms with E-state index >= 15 is 0 Å². The lowest BCUT2D eigenvalue weighted by Crippen LogP contribution is -2.55. The van der Waals surface area contributed by atoms with Crippen molar-refractivity contribution in [3.8, 4) is 16.5 Å². The van der Waals surface area contributed by atoms with Crippen molar-refractivity contribution < 1.29 is 23.4 Å². The largest absolute Gasteiger partial charge is 0.480 e. The molecular weight excluding hydrogens is 444 g/mol. The number of halogens is 2. The third-order valence-corrected chi connectivity index (χ3v) is 7.94. The Kier molecular flexibility index (Phi) is 7.22. The fourth-order valence-electron chi connectivity index (χ4n) is 3.81. The van der Waals surface area contributed by atoms with Gasteiger partial charge in [-0.25, -0.2) is 9.97 Å². The van der Waals surface area contributed by atoms with Gasteiger partial charge in [0, 0.05) is 36.9 Å². The van der Waals surface area contributed by atoms with Crippen LogP contribution in [0.4, 0.5) is 8.78 Å². The van der Waals surface area contributed by atoms with E-state index in [9.17, 15) is 18.7 Å². The number of likely N-dealkylation sites (tertiary alicyclic amines) is 1. The van der Waals surface area contributed by atoms with E-state index in [1.54, 1.807) is 18.3 Å². The van der Waals surface area contributed by atoms with E-state index in [0.29, 0.717) is 30.1 Å². The number of thiazole rings is 1. The summed E-state index contributed by atoms with van der Waals surface area (Å²) in [6, 6.07) is 3.29. The Balaban J connectivity index is 1.83. The van der Waals surface area contributed by atoms with Crippen molar-refractivity contribution in [1.29, 1.82) is 0 Å². The van der Waals surface area contributed by atoms with Gasteiger partial charge in [-0.3, -0.25) is 9.69 Å². The number of aliphatic carboxylic acids is 1. The molecule has 0 bridgehead atoms. The first-order chi connectivity index (χ1) is 14.5. The van der Waals surface area contributed by atoms with Crippen LogP contribution in [0.5, 0.6) is 5.88 Å². The number of carbonyl (C=O) groups is 1. The number of nitrogens with zero attached hydrogens (tertiary/aromatic N) is 3. The molecule has 0 unspecified atom stereocenters. The Labute approximate surface area is 189 Å². The Morgan fingerprint density at radius 3 is 2.81 bits per heavy atom. The number of hydrogen-bond donors (Lipinski definition) is 1. The minimum Gasteiger partial charge on any atom is -0.480 e. The highest BCUT2D eigenvalue weighted by Gasteiger charge is 2.48. The van der Waals surface area contributed by atoms with Gasteiger partial charge in [0.15, 0.2) is 0 Å². The number of pyridine rings is 1. The molecule has 0 aromatic carbocycles. The predicted molar refractivity (Wildman–Crippen MR) is 119 cm³/mol. The quantitative estimate of drug-likeness (QED) is 0.618. The van der Waals surface area contributed by atoms with E-state index in [4.69, 9.17) is 0 Å². The van der Waals surface area contributed by atoms with Crippen LogP contribution in [-0.4, -0.2) is 56.6 Å². The molecule has 0 aliphatic carbocycles. The maximum Gasteiger partial charge on any atom is 0.388 e. The Morgan fingerprint density at radius 1 is 1.45 bits per heavy atom. The second-order valence-corrected chi connectivity index (χ2v) is 11.1. The summed E-state index contributed by atoms with van der Waals surface area (Å²) in [6.45, 7) is 5.25. The first-order valence-electron chi connectivity index (χ1n) is 9.90. The summed E-state index contributed by atoms with van der Waals surface area (Å²) in [5.41, 5.74) is 0.389. The SMILES string of the molecule is CS[C@@]1(C(=O)O)C[C@@H](C(C)(C)C)CN(Cc2cnc(-c3cccnc3OC(F)F)s2)C1. The molecule has 0 radical (unpaired) electrons. The highest BCUT2D eigenvalue weighted by atomic mass is 32.2. The zero-order valence-corrected chi connectivity index (χ0v) is 19.6. The number of piperidine rings is 1. The first kappa shape index (κ1) is 23.9. The van der Waals surface area contributed by atoms with Crippen molar-refractivity contribution >= 4 is 29.1 Å². The van der Waals surface area contributed by atoms with Crippen LogP contribution in [0.25, 0.3) is 10.6 Å². The zero-order chi connectivity index (χ0) is 22.8. The third-order valence-electron chi connectivity index (χ3n) is 5.67. The van der Waals surface area contributed by atoms with Crippen LogP contribution < -0.4 is 4.74 Å². The van der Waals surface area contributed by atoms with Gasteiger partial charge >= 0.3 is 12.6 Å². The van der Waals surface area contributed by atoms with Crippen molar-refractivity contribution in [2.75, 3.05) is 19.3 Å². The molecular formula is C21H27F2N3O3S2. The highest BCUT2D eigenvalue weighted by molar-refractivity contribution is 8.00. The minimum atomic E-state index is -2.97. The monoisotopic (exact) mass is 471 g/mol. The van der Waals surface area contributed by atoms with Crippen LogP contribution in [0.1, 0.15) is 32.1 Å². The lowest BCUT2D eigenvalue weighted by molar-refractivity contribution is -0.142. The molecule has 1 saturated heterocycles. The topological polar surface area (TPSA) is 75.5 Å². The molecule has 3 rings (SSSR count). The lowest BCUT2D eigenvalue weighted by Gasteiger charge is -2.47. The maximum absolute atomic E-state index is 12.7. The Morgan fingerprint density at radius 2 is 2.19 bits per heavy atom. The van der Waals surface area contributed by atoms with Crippen molar-refractivity contribution in [1.82, 2.24) is 14.9 Å². The van der Waals surface area contributed by atoms with Gasteiger partial charge in [-0.05, 0) is 36.1 Å². The van der Waals surface area contributed by atoms with Crippen molar-refractivity contribution in [3.63, 3.8) is 0 Å². The van der Waals surface area contributed by atoms with E-state index in [0.717, 1.165) is 11.4 Å². The van der Waals surface area contributed by atoms with Gasteiger partial charge in [0.05, 0.1) is 5.56 Å². The standard InChI is InChI=1S/C21H27F2N3O3S2/c1-20(2,3)13-8-21(30-4,18(27)28)12-26(10-13)11-14-9-25-17(31-14)15-6-5-7-24-16(15)29-19(22)23/h5-7,9,13,19H,8,10-12H2,1-4H3,(H,27,28)/t13-,21+/m1/s1. The smallest absolute Gasteiger partial charge is 0.388 e. The van der Waals surface area contributed by atoms with Gasteiger partial charge in [0.2, 0.25) is 5.88 Å². The number of alkyl halides is 2. The summed E-state index contributed by atoms with van der Waals surface area (Å²) < 4.78 is 29.1. The van der Waals surface area contributed by atoms with E-state index in [1.807, 2.05) is 6.26 Å². The van der Waals surface area contributed by atoms with Crippen molar-refractivity contribution in [2.45, 2.75) is 45.1 Å². The van der Waals surface area contributed by atoms with Gasteiger partial charge in [-0.15, -0.1) is 23.1 Å². The van der Waals surface area contributed by atoms with E-state index < -0.39 is 17.3 Å². The second-order valence-electron chi connectivity index (χ2n) is 8.81.